The number of hydrogen-bond donors (Lipinski definition) is 0. The molecule has 2 amide bonds. The lowest BCUT2D eigenvalue weighted by Crippen LogP contribution is -2.50. The van der Waals surface area contributed by atoms with E-state index in [1.54, 1.807) is 0 Å². The number of imide groups is 1. The standard InChI is InChI=1S/C31H27FN2O4/c1-17(2)22-14-8-18(3)16-25(22)38-31(37)28-27-26(24-15-9-19-6-4-5-7-23(19)34(24)28)29(35)33(30(27)36)21-12-10-20(32)11-13-21/h4-17,24,26-28H,1-3H3/t24-,26+,27-,28+/m1/s1. The van der Waals surface area contributed by atoms with Crippen molar-refractivity contribution in [2.24, 2.45) is 11.8 Å². The molecule has 2 saturated heterocycles. The first-order chi connectivity index (χ1) is 18.3. The van der Waals surface area contributed by atoms with Crippen molar-refractivity contribution in [3.8, 4) is 5.75 Å². The normalized spacial score (nSPS) is 23.5. The summed E-state index contributed by atoms with van der Waals surface area (Å²) in [5.74, 6) is -3.09. The topological polar surface area (TPSA) is 66.9 Å². The van der Waals surface area contributed by atoms with E-state index in [9.17, 15) is 18.8 Å². The maximum atomic E-state index is 14.0. The van der Waals surface area contributed by atoms with Crippen molar-refractivity contribution in [2.75, 3.05) is 9.80 Å². The zero-order chi connectivity index (χ0) is 26.7. The molecule has 6 nitrogen and oxygen atoms in total. The van der Waals surface area contributed by atoms with Crippen LogP contribution in [0.25, 0.3) is 6.08 Å². The Labute approximate surface area is 220 Å². The van der Waals surface area contributed by atoms with E-state index in [2.05, 4.69) is 0 Å². The Hall–Kier alpha value is -4.26. The number of ether oxygens (including phenoxy) is 1. The summed E-state index contributed by atoms with van der Waals surface area (Å²) in [7, 11) is 0. The zero-order valence-electron chi connectivity index (χ0n) is 21.3. The third-order valence-corrected chi connectivity index (χ3v) is 7.74. The van der Waals surface area contributed by atoms with Crippen LogP contribution in [-0.4, -0.2) is 29.9 Å². The van der Waals surface area contributed by atoms with E-state index < -0.39 is 47.5 Å². The minimum absolute atomic E-state index is 0.116. The van der Waals surface area contributed by atoms with Crippen molar-refractivity contribution in [3.05, 3.63) is 95.3 Å². The summed E-state index contributed by atoms with van der Waals surface area (Å²) < 4.78 is 19.6. The fourth-order valence-corrected chi connectivity index (χ4v) is 6.00. The number of carbonyl (C=O) groups excluding carboxylic acids is 3. The van der Waals surface area contributed by atoms with Crippen molar-refractivity contribution >= 4 is 35.2 Å². The van der Waals surface area contributed by atoms with Gasteiger partial charge < -0.3 is 9.64 Å². The van der Waals surface area contributed by atoms with Crippen LogP contribution in [0.2, 0.25) is 0 Å². The molecule has 192 valence electrons. The average molecular weight is 511 g/mol. The second-order valence-electron chi connectivity index (χ2n) is 10.4. The van der Waals surface area contributed by atoms with Crippen molar-refractivity contribution in [2.45, 2.75) is 38.8 Å². The predicted molar refractivity (Wildman–Crippen MR) is 142 cm³/mol. The minimum Gasteiger partial charge on any atom is -0.425 e. The Morgan fingerprint density at radius 1 is 0.947 bits per heavy atom. The molecule has 0 spiro atoms. The van der Waals surface area contributed by atoms with Gasteiger partial charge in [0.15, 0.2) is 0 Å². The molecule has 4 atom stereocenters. The second kappa shape index (κ2) is 8.94. The first-order valence-electron chi connectivity index (χ1n) is 12.8. The highest BCUT2D eigenvalue weighted by Crippen LogP contribution is 2.49. The highest BCUT2D eigenvalue weighted by molar-refractivity contribution is 6.24. The Bertz CT molecular complexity index is 1500. The Balaban J connectivity index is 1.45. The van der Waals surface area contributed by atoms with Crippen LogP contribution in [0.4, 0.5) is 15.8 Å². The van der Waals surface area contributed by atoms with Gasteiger partial charge in [0.05, 0.1) is 23.6 Å². The minimum atomic E-state index is -1.02. The van der Waals surface area contributed by atoms with E-state index in [0.29, 0.717) is 5.75 Å². The van der Waals surface area contributed by atoms with Crippen LogP contribution in [0.3, 0.4) is 0 Å². The van der Waals surface area contributed by atoms with Crippen LogP contribution in [0.15, 0.2) is 72.8 Å². The summed E-state index contributed by atoms with van der Waals surface area (Å²) in [6, 6.07) is 17.1. The maximum absolute atomic E-state index is 14.0. The fourth-order valence-electron chi connectivity index (χ4n) is 6.00. The third kappa shape index (κ3) is 3.64. The van der Waals surface area contributed by atoms with Gasteiger partial charge in [0.25, 0.3) is 0 Å². The van der Waals surface area contributed by atoms with Crippen LogP contribution in [0.1, 0.15) is 36.5 Å². The summed E-state index contributed by atoms with van der Waals surface area (Å²) in [6.07, 6.45) is 3.82. The number of rotatable bonds is 4. The summed E-state index contributed by atoms with van der Waals surface area (Å²) in [4.78, 5) is 44.6. The molecule has 0 radical (unpaired) electrons. The fraction of sp³-hybridized carbons (Fsp3) is 0.258. The summed E-state index contributed by atoms with van der Waals surface area (Å²) in [6.45, 7) is 5.97. The van der Waals surface area contributed by atoms with Gasteiger partial charge in [-0.1, -0.05) is 56.3 Å². The highest BCUT2D eigenvalue weighted by Gasteiger charge is 2.65. The van der Waals surface area contributed by atoms with E-state index in [0.717, 1.165) is 27.3 Å². The Morgan fingerprint density at radius 3 is 2.39 bits per heavy atom. The summed E-state index contributed by atoms with van der Waals surface area (Å²) in [5.41, 5.74) is 3.79. The van der Waals surface area contributed by atoms with Crippen LogP contribution < -0.4 is 14.5 Å². The van der Waals surface area contributed by atoms with Gasteiger partial charge in [0, 0.05) is 5.69 Å². The monoisotopic (exact) mass is 510 g/mol. The molecule has 0 bridgehead atoms. The van der Waals surface area contributed by atoms with E-state index in [4.69, 9.17) is 4.74 Å². The van der Waals surface area contributed by atoms with Gasteiger partial charge >= 0.3 is 5.97 Å². The molecule has 3 aliphatic heterocycles. The zero-order valence-corrected chi connectivity index (χ0v) is 21.3. The molecule has 38 heavy (non-hydrogen) atoms. The third-order valence-electron chi connectivity index (χ3n) is 7.74. The molecule has 3 aromatic carbocycles. The van der Waals surface area contributed by atoms with Crippen LogP contribution in [0, 0.1) is 24.6 Å². The smallest absolute Gasteiger partial charge is 0.335 e. The summed E-state index contributed by atoms with van der Waals surface area (Å²) in [5, 5.41) is 0. The van der Waals surface area contributed by atoms with Gasteiger partial charge in [-0.05, 0) is 65.9 Å². The number of nitrogens with zero attached hydrogens (tertiary/aromatic N) is 2. The largest absolute Gasteiger partial charge is 0.425 e. The lowest BCUT2D eigenvalue weighted by Gasteiger charge is -2.36. The Kier molecular flexibility index (Phi) is 5.67. The van der Waals surface area contributed by atoms with Crippen molar-refractivity contribution in [1.82, 2.24) is 0 Å². The highest BCUT2D eigenvalue weighted by atomic mass is 19.1. The van der Waals surface area contributed by atoms with Crippen LogP contribution in [0.5, 0.6) is 5.75 Å². The van der Waals surface area contributed by atoms with Crippen molar-refractivity contribution < 1.29 is 23.5 Å². The van der Waals surface area contributed by atoms with Gasteiger partial charge in [-0.2, -0.15) is 0 Å². The first-order valence-corrected chi connectivity index (χ1v) is 12.8. The number of benzene rings is 3. The summed E-state index contributed by atoms with van der Waals surface area (Å²) >= 11 is 0. The molecule has 0 N–H and O–H groups in total. The number of para-hydroxylation sites is 1. The van der Waals surface area contributed by atoms with Gasteiger partial charge in [-0.15, -0.1) is 0 Å². The number of aryl methyl sites for hydroxylation is 1. The lowest BCUT2D eigenvalue weighted by atomic mass is 9.88. The number of amides is 2. The quantitative estimate of drug-likeness (QED) is 0.272. The SMILES string of the molecule is Cc1ccc(C(C)C)c(OC(=O)[C@@H]2[C@@H]3C(=O)N(c4ccc(F)cc4)C(=O)[C@H]3[C@H]3C=Cc4ccccc4N32)c1. The first kappa shape index (κ1) is 24.1. The Morgan fingerprint density at radius 2 is 1.66 bits per heavy atom. The molecule has 3 aliphatic rings. The number of halogens is 1. The van der Waals surface area contributed by atoms with Crippen LogP contribution >= 0.6 is 0 Å². The molecular weight excluding hydrogens is 483 g/mol. The average Bonchev–Trinajstić information content (AvgIpc) is 3.37. The second-order valence-corrected chi connectivity index (χ2v) is 10.4. The maximum Gasteiger partial charge on any atom is 0.335 e. The van der Waals surface area contributed by atoms with E-state index in [-0.39, 0.29) is 11.6 Å². The molecule has 0 unspecified atom stereocenters. The van der Waals surface area contributed by atoms with Crippen molar-refractivity contribution in [3.63, 3.8) is 0 Å². The molecule has 0 aromatic heterocycles. The molecule has 3 heterocycles. The molecule has 3 aromatic rings. The molecule has 0 aliphatic carbocycles. The van der Waals surface area contributed by atoms with Gasteiger partial charge in [0.2, 0.25) is 11.8 Å². The number of fused-ring (bicyclic) bond motifs is 5. The van der Waals surface area contributed by atoms with Crippen molar-refractivity contribution in [1.29, 1.82) is 0 Å². The molecule has 7 heteroatoms. The number of esters is 1. The van der Waals surface area contributed by atoms with Gasteiger partial charge in [0.1, 0.15) is 17.6 Å². The predicted octanol–water partition coefficient (Wildman–Crippen LogP) is 5.25. The number of hydrogen-bond acceptors (Lipinski definition) is 5. The van der Waals surface area contributed by atoms with E-state index in [1.165, 1.54) is 24.3 Å². The lowest BCUT2D eigenvalue weighted by molar-refractivity contribution is -0.139. The molecule has 0 saturated carbocycles. The van der Waals surface area contributed by atoms with E-state index >= 15 is 0 Å². The molecule has 2 fully saturated rings. The molecule has 6 rings (SSSR count). The number of carbonyl (C=O) groups is 3. The molecular formula is C31H27FN2O4. The van der Waals surface area contributed by atoms with Gasteiger partial charge in [-0.25, -0.2) is 14.1 Å². The number of anilines is 2. The van der Waals surface area contributed by atoms with Gasteiger partial charge in [-0.3, -0.25) is 9.59 Å². The van der Waals surface area contributed by atoms with Crippen LogP contribution in [-0.2, 0) is 14.4 Å². The van der Waals surface area contributed by atoms with E-state index in [1.807, 2.05) is 80.3 Å².